The SMILES string of the molecule is C.CC(C)CN(C)CCCCNC(C)C. The van der Waals surface area contributed by atoms with Crippen LogP contribution in [0, 0.1) is 5.92 Å². The highest BCUT2D eigenvalue weighted by Crippen LogP contribution is 1.98. The highest BCUT2D eigenvalue weighted by Gasteiger charge is 2.00. The second-order valence-electron chi connectivity index (χ2n) is 4.97. The molecular weight excluding hydrogens is 184 g/mol. The van der Waals surface area contributed by atoms with Crippen molar-refractivity contribution in [2.24, 2.45) is 5.92 Å². The zero-order valence-corrected chi connectivity index (χ0v) is 10.6. The van der Waals surface area contributed by atoms with Crippen molar-refractivity contribution in [3.8, 4) is 0 Å². The van der Waals surface area contributed by atoms with Crippen LogP contribution in [0.4, 0.5) is 0 Å². The molecule has 0 saturated heterocycles. The zero-order chi connectivity index (χ0) is 11.0. The maximum atomic E-state index is 3.44. The first-order valence-corrected chi connectivity index (χ1v) is 5.94. The summed E-state index contributed by atoms with van der Waals surface area (Å²) in [6.07, 6.45) is 2.60. The minimum Gasteiger partial charge on any atom is -0.315 e. The van der Waals surface area contributed by atoms with Gasteiger partial charge in [-0.2, -0.15) is 0 Å². The lowest BCUT2D eigenvalue weighted by atomic mass is 10.2. The normalized spacial score (nSPS) is 11.2. The van der Waals surface area contributed by atoms with Crippen molar-refractivity contribution in [1.29, 1.82) is 0 Å². The fraction of sp³-hybridized carbons (Fsp3) is 1.00. The Morgan fingerprint density at radius 1 is 1.07 bits per heavy atom. The summed E-state index contributed by atoms with van der Waals surface area (Å²) in [6, 6.07) is 0.628. The summed E-state index contributed by atoms with van der Waals surface area (Å²) in [4.78, 5) is 2.43. The Hall–Kier alpha value is -0.0800. The molecule has 0 saturated carbocycles. The highest BCUT2D eigenvalue weighted by molar-refractivity contribution is 4.57. The van der Waals surface area contributed by atoms with Crippen molar-refractivity contribution in [3.05, 3.63) is 0 Å². The summed E-state index contributed by atoms with van der Waals surface area (Å²) < 4.78 is 0. The van der Waals surface area contributed by atoms with Crippen LogP contribution >= 0.6 is 0 Å². The average molecular weight is 216 g/mol. The lowest BCUT2D eigenvalue weighted by Gasteiger charge is -2.18. The Bertz CT molecular complexity index is 122. The van der Waals surface area contributed by atoms with Crippen LogP contribution in [0.3, 0.4) is 0 Å². The molecule has 2 nitrogen and oxygen atoms in total. The first kappa shape index (κ1) is 17.3. The van der Waals surface area contributed by atoms with Gasteiger partial charge in [0.15, 0.2) is 0 Å². The second kappa shape index (κ2) is 10.4. The number of nitrogens with zero attached hydrogens (tertiary/aromatic N) is 1. The summed E-state index contributed by atoms with van der Waals surface area (Å²) in [5.41, 5.74) is 0. The molecule has 15 heavy (non-hydrogen) atoms. The maximum absolute atomic E-state index is 3.44. The molecule has 94 valence electrons. The van der Waals surface area contributed by atoms with Crippen molar-refractivity contribution in [3.63, 3.8) is 0 Å². The smallest absolute Gasteiger partial charge is 0.00103 e. The number of rotatable bonds is 8. The molecule has 1 N–H and O–H groups in total. The molecule has 0 aliphatic carbocycles. The van der Waals surface area contributed by atoms with Gasteiger partial charge in [-0.3, -0.25) is 0 Å². The van der Waals surface area contributed by atoms with Gasteiger partial charge in [-0.1, -0.05) is 35.1 Å². The van der Waals surface area contributed by atoms with Crippen LogP contribution in [0.15, 0.2) is 0 Å². The third kappa shape index (κ3) is 13.9. The Labute approximate surface area is 97.4 Å². The molecular formula is C13H32N2. The van der Waals surface area contributed by atoms with E-state index in [2.05, 4.69) is 45.0 Å². The van der Waals surface area contributed by atoms with Gasteiger partial charge in [-0.25, -0.2) is 0 Å². The molecule has 0 bridgehead atoms. The number of unbranched alkanes of at least 4 members (excludes halogenated alkanes) is 1. The van der Waals surface area contributed by atoms with Gasteiger partial charge in [0.05, 0.1) is 0 Å². The first-order valence-electron chi connectivity index (χ1n) is 5.94. The van der Waals surface area contributed by atoms with Crippen LogP contribution in [0.1, 0.15) is 48.0 Å². The van der Waals surface area contributed by atoms with E-state index in [4.69, 9.17) is 0 Å². The van der Waals surface area contributed by atoms with Crippen molar-refractivity contribution in [2.45, 2.75) is 54.0 Å². The van der Waals surface area contributed by atoms with Gasteiger partial charge < -0.3 is 10.2 Å². The van der Waals surface area contributed by atoms with E-state index in [0.29, 0.717) is 6.04 Å². The molecule has 0 aromatic rings. The molecule has 0 rings (SSSR count). The molecule has 0 unspecified atom stereocenters. The fourth-order valence-corrected chi connectivity index (χ4v) is 1.61. The summed E-state index contributed by atoms with van der Waals surface area (Å²) in [5, 5.41) is 3.44. The second-order valence-corrected chi connectivity index (χ2v) is 4.97. The van der Waals surface area contributed by atoms with Crippen molar-refractivity contribution in [2.75, 3.05) is 26.7 Å². The van der Waals surface area contributed by atoms with Gasteiger partial charge in [0.1, 0.15) is 0 Å². The fourth-order valence-electron chi connectivity index (χ4n) is 1.61. The number of hydrogen-bond acceptors (Lipinski definition) is 2. The van der Waals surface area contributed by atoms with E-state index in [9.17, 15) is 0 Å². The van der Waals surface area contributed by atoms with Crippen LogP contribution < -0.4 is 5.32 Å². The molecule has 0 radical (unpaired) electrons. The van der Waals surface area contributed by atoms with Gasteiger partial charge in [0, 0.05) is 12.6 Å². The van der Waals surface area contributed by atoms with Crippen LogP contribution in [0.25, 0.3) is 0 Å². The van der Waals surface area contributed by atoms with Crippen LogP contribution in [0.5, 0.6) is 0 Å². The van der Waals surface area contributed by atoms with Gasteiger partial charge >= 0.3 is 0 Å². The molecule has 2 heteroatoms. The van der Waals surface area contributed by atoms with Crippen molar-refractivity contribution >= 4 is 0 Å². The summed E-state index contributed by atoms with van der Waals surface area (Å²) in [5.74, 6) is 0.786. The topological polar surface area (TPSA) is 15.3 Å². The molecule has 0 aliphatic heterocycles. The molecule has 0 spiro atoms. The van der Waals surface area contributed by atoms with Crippen LogP contribution in [-0.4, -0.2) is 37.6 Å². The van der Waals surface area contributed by atoms with Crippen LogP contribution in [0.2, 0.25) is 0 Å². The Morgan fingerprint density at radius 2 is 1.67 bits per heavy atom. The predicted octanol–water partition coefficient (Wildman–Crippen LogP) is 2.99. The third-order valence-electron chi connectivity index (χ3n) is 2.20. The summed E-state index contributed by atoms with van der Waals surface area (Å²) in [7, 11) is 2.22. The lowest BCUT2D eigenvalue weighted by Crippen LogP contribution is -2.27. The van der Waals surface area contributed by atoms with Crippen molar-refractivity contribution < 1.29 is 0 Å². The van der Waals surface area contributed by atoms with Gasteiger partial charge in [0.2, 0.25) is 0 Å². The largest absolute Gasteiger partial charge is 0.315 e. The molecule has 0 amide bonds. The maximum Gasteiger partial charge on any atom is 0.00103 e. The number of hydrogen-bond donors (Lipinski definition) is 1. The van der Waals surface area contributed by atoms with E-state index in [0.717, 1.165) is 12.5 Å². The van der Waals surface area contributed by atoms with E-state index in [-0.39, 0.29) is 7.43 Å². The van der Waals surface area contributed by atoms with E-state index in [1.807, 2.05) is 0 Å². The van der Waals surface area contributed by atoms with E-state index < -0.39 is 0 Å². The minimum absolute atomic E-state index is 0. The van der Waals surface area contributed by atoms with E-state index in [1.54, 1.807) is 0 Å². The Morgan fingerprint density at radius 3 is 2.13 bits per heavy atom. The van der Waals surface area contributed by atoms with E-state index in [1.165, 1.54) is 25.9 Å². The summed E-state index contributed by atoms with van der Waals surface area (Å²) >= 11 is 0. The van der Waals surface area contributed by atoms with E-state index >= 15 is 0 Å². The molecule has 0 heterocycles. The minimum atomic E-state index is 0. The zero-order valence-electron chi connectivity index (χ0n) is 10.6. The molecule has 0 fully saturated rings. The van der Waals surface area contributed by atoms with Crippen molar-refractivity contribution in [1.82, 2.24) is 10.2 Å². The van der Waals surface area contributed by atoms with Gasteiger partial charge in [-0.15, -0.1) is 0 Å². The summed E-state index contributed by atoms with van der Waals surface area (Å²) in [6.45, 7) is 12.6. The Kier molecular flexibility index (Phi) is 12.1. The molecule has 0 aromatic heterocycles. The Balaban J connectivity index is 0. The molecule has 0 aromatic carbocycles. The van der Waals surface area contributed by atoms with Crippen LogP contribution in [-0.2, 0) is 0 Å². The standard InChI is InChI=1S/C12H28N2.CH4/c1-11(2)10-14(5)9-7-6-8-13-12(3)4;/h11-13H,6-10H2,1-5H3;1H4. The average Bonchev–Trinajstić information content (AvgIpc) is 2.01. The third-order valence-corrected chi connectivity index (χ3v) is 2.20. The lowest BCUT2D eigenvalue weighted by molar-refractivity contribution is 0.289. The van der Waals surface area contributed by atoms with Gasteiger partial charge in [-0.05, 0) is 38.9 Å². The monoisotopic (exact) mass is 216 g/mol. The molecule has 0 aliphatic rings. The molecule has 0 atom stereocenters. The predicted molar refractivity (Wildman–Crippen MR) is 71.4 cm³/mol. The quantitative estimate of drug-likeness (QED) is 0.628. The first-order chi connectivity index (χ1) is 6.52. The highest BCUT2D eigenvalue weighted by atomic mass is 15.1. The van der Waals surface area contributed by atoms with Gasteiger partial charge in [0.25, 0.3) is 0 Å². The number of nitrogens with one attached hydrogen (secondary N) is 1.